The number of amides is 2. The second kappa shape index (κ2) is 8.76. The smallest absolute Gasteiger partial charge is 0.244 e. The Bertz CT molecular complexity index is 520. The number of carbonyl (C=O) groups is 2. The van der Waals surface area contributed by atoms with Gasteiger partial charge in [0.1, 0.15) is 6.04 Å². The second-order valence-corrected chi connectivity index (χ2v) is 5.89. The highest BCUT2D eigenvalue weighted by molar-refractivity contribution is 6.30. The van der Waals surface area contributed by atoms with Crippen molar-refractivity contribution in [2.45, 2.75) is 26.4 Å². The van der Waals surface area contributed by atoms with Crippen LogP contribution in [0.1, 0.15) is 19.4 Å². The molecule has 22 heavy (non-hydrogen) atoms. The van der Waals surface area contributed by atoms with Crippen molar-refractivity contribution in [2.24, 2.45) is 0 Å². The molecule has 0 saturated carbocycles. The molecule has 0 fully saturated rings. The predicted octanol–water partition coefficient (Wildman–Crippen LogP) is 1.75. The van der Waals surface area contributed by atoms with Crippen LogP contribution in [0.15, 0.2) is 24.3 Å². The molecule has 2 amide bonds. The van der Waals surface area contributed by atoms with Gasteiger partial charge in [-0.2, -0.15) is 0 Å². The maximum absolute atomic E-state index is 12.1. The lowest BCUT2D eigenvalue weighted by molar-refractivity contribution is -0.134. The summed E-state index contributed by atoms with van der Waals surface area (Å²) < 4.78 is 0. The van der Waals surface area contributed by atoms with Gasteiger partial charge in [-0.25, -0.2) is 0 Å². The lowest BCUT2D eigenvalue weighted by Crippen LogP contribution is -2.47. The van der Waals surface area contributed by atoms with E-state index in [1.54, 1.807) is 21.0 Å². The second-order valence-electron chi connectivity index (χ2n) is 5.46. The highest BCUT2D eigenvalue weighted by Crippen LogP contribution is 2.12. The number of rotatable bonds is 7. The Morgan fingerprint density at radius 2 is 2.00 bits per heavy atom. The third-order valence-corrected chi connectivity index (χ3v) is 3.53. The van der Waals surface area contributed by atoms with E-state index in [0.29, 0.717) is 11.6 Å². The summed E-state index contributed by atoms with van der Waals surface area (Å²) in [5.41, 5.74) is 1.06. The molecule has 0 heterocycles. The first kappa shape index (κ1) is 18.5. The topological polar surface area (TPSA) is 52.7 Å². The van der Waals surface area contributed by atoms with E-state index in [0.717, 1.165) is 12.1 Å². The summed E-state index contributed by atoms with van der Waals surface area (Å²) in [6.07, 6.45) is 0. The Hall–Kier alpha value is -1.59. The molecule has 0 aliphatic rings. The monoisotopic (exact) mass is 325 g/mol. The van der Waals surface area contributed by atoms with Crippen molar-refractivity contribution >= 4 is 23.4 Å². The van der Waals surface area contributed by atoms with Crippen LogP contribution in [0.5, 0.6) is 0 Å². The first-order valence-corrected chi connectivity index (χ1v) is 7.68. The standard InChI is InChI=1S/C16H24ClN3O2/c1-5-20(10-13-7-6-8-14(17)9-13)11-15(21)18-12(2)16(22)19(3)4/h6-9,12H,5,10-11H2,1-4H3,(H,18,21). The summed E-state index contributed by atoms with van der Waals surface area (Å²) in [5.74, 6) is -0.280. The SMILES string of the molecule is CCN(CC(=O)NC(C)C(=O)N(C)C)Cc1cccc(Cl)c1. The fourth-order valence-corrected chi connectivity index (χ4v) is 2.33. The van der Waals surface area contributed by atoms with Crippen molar-refractivity contribution in [2.75, 3.05) is 27.2 Å². The van der Waals surface area contributed by atoms with Crippen LogP contribution in [0.4, 0.5) is 0 Å². The van der Waals surface area contributed by atoms with E-state index in [1.807, 2.05) is 36.1 Å². The molecule has 0 aromatic heterocycles. The summed E-state index contributed by atoms with van der Waals surface area (Å²) in [4.78, 5) is 27.3. The summed E-state index contributed by atoms with van der Waals surface area (Å²) in [6, 6.07) is 7.06. The number of halogens is 1. The van der Waals surface area contributed by atoms with Gasteiger partial charge in [0.2, 0.25) is 11.8 Å². The molecule has 1 rings (SSSR count). The Morgan fingerprint density at radius 3 is 2.55 bits per heavy atom. The maximum Gasteiger partial charge on any atom is 0.244 e. The molecule has 5 nitrogen and oxygen atoms in total. The van der Waals surface area contributed by atoms with Crippen LogP contribution in [0.25, 0.3) is 0 Å². The molecular formula is C16H24ClN3O2. The molecule has 0 spiro atoms. The van der Waals surface area contributed by atoms with Crippen molar-refractivity contribution in [1.29, 1.82) is 0 Å². The molecule has 6 heteroatoms. The van der Waals surface area contributed by atoms with E-state index in [1.165, 1.54) is 4.90 Å². The summed E-state index contributed by atoms with van der Waals surface area (Å²) >= 11 is 5.97. The Morgan fingerprint density at radius 1 is 1.32 bits per heavy atom. The van der Waals surface area contributed by atoms with Crippen molar-refractivity contribution < 1.29 is 9.59 Å². The third kappa shape index (κ3) is 6.03. The normalized spacial score (nSPS) is 12.1. The number of nitrogens with one attached hydrogen (secondary N) is 1. The van der Waals surface area contributed by atoms with Crippen molar-refractivity contribution in [1.82, 2.24) is 15.1 Å². The number of hydrogen-bond acceptors (Lipinski definition) is 3. The van der Waals surface area contributed by atoms with Gasteiger partial charge in [-0.1, -0.05) is 30.7 Å². The molecule has 122 valence electrons. The summed E-state index contributed by atoms with van der Waals surface area (Å²) in [7, 11) is 3.34. The molecule has 0 bridgehead atoms. The minimum atomic E-state index is -0.521. The van der Waals surface area contributed by atoms with Crippen LogP contribution in [0, 0.1) is 0 Å². The van der Waals surface area contributed by atoms with Crippen molar-refractivity contribution in [3.8, 4) is 0 Å². The molecule has 1 atom stereocenters. The van der Waals surface area contributed by atoms with Gasteiger partial charge in [0.05, 0.1) is 6.54 Å². The quantitative estimate of drug-likeness (QED) is 0.831. The zero-order valence-electron chi connectivity index (χ0n) is 13.6. The number of nitrogens with zero attached hydrogens (tertiary/aromatic N) is 2. The maximum atomic E-state index is 12.1. The van der Waals surface area contributed by atoms with Gasteiger partial charge in [-0.05, 0) is 31.2 Å². The van der Waals surface area contributed by atoms with E-state index in [2.05, 4.69) is 5.32 Å². The van der Waals surface area contributed by atoms with Crippen molar-refractivity contribution in [3.63, 3.8) is 0 Å². The highest BCUT2D eigenvalue weighted by Gasteiger charge is 2.18. The fourth-order valence-electron chi connectivity index (χ4n) is 2.11. The van der Waals surface area contributed by atoms with Crippen LogP contribution >= 0.6 is 11.6 Å². The van der Waals surface area contributed by atoms with Gasteiger partial charge in [0, 0.05) is 25.7 Å². The molecule has 1 N–H and O–H groups in total. The number of likely N-dealkylation sites (N-methyl/N-ethyl adjacent to an activating group) is 2. The first-order valence-electron chi connectivity index (χ1n) is 7.30. The van der Waals surface area contributed by atoms with E-state index in [4.69, 9.17) is 11.6 Å². The Labute approximate surface area is 137 Å². The highest BCUT2D eigenvalue weighted by atomic mass is 35.5. The lowest BCUT2D eigenvalue weighted by atomic mass is 10.2. The zero-order valence-corrected chi connectivity index (χ0v) is 14.4. The molecule has 0 radical (unpaired) electrons. The van der Waals surface area contributed by atoms with Gasteiger partial charge in [0.25, 0.3) is 0 Å². The predicted molar refractivity (Wildman–Crippen MR) is 88.7 cm³/mol. The van der Waals surface area contributed by atoms with E-state index in [-0.39, 0.29) is 18.4 Å². The molecule has 1 aromatic carbocycles. The van der Waals surface area contributed by atoms with E-state index < -0.39 is 6.04 Å². The average Bonchev–Trinajstić information content (AvgIpc) is 2.45. The fraction of sp³-hybridized carbons (Fsp3) is 0.500. The van der Waals surface area contributed by atoms with E-state index >= 15 is 0 Å². The molecule has 0 aliphatic heterocycles. The van der Waals surface area contributed by atoms with Gasteiger partial charge in [0.15, 0.2) is 0 Å². The Balaban J connectivity index is 2.55. The molecule has 1 aromatic rings. The zero-order chi connectivity index (χ0) is 16.7. The number of carbonyl (C=O) groups excluding carboxylic acids is 2. The summed E-state index contributed by atoms with van der Waals surface area (Å²) in [6.45, 7) is 5.30. The number of benzene rings is 1. The molecule has 1 unspecified atom stereocenters. The van der Waals surface area contributed by atoms with Crippen LogP contribution in [-0.4, -0.2) is 54.8 Å². The van der Waals surface area contributed by atoms with Gasteiger partial charge >= 0.3 is 0 Å². The van der Waals surface area contributed by atoms with Crippen LogP contribution < -0.4 is 5.32 Å². The van der Waals surface area contributed by atoms with E-state index in [9.17, 15) is 9.59 Å². The first-order chi connectivity index (χ1) is 10.3. The summed E-state index contributed by atoms with van der Waals surface area (Å²) in [5, 5.41) is 3.41. The largest absolute Gasteiger partial charge is 0.347 e. The van der Waals surface area contributed by atoms with Gasteiger partial charge in [-0.15, -0.1) is 0 Å². The Kier molecular flexibility index (Phi) is 7.35. The van der Waals surface area contributed by atoms with Crippen LogP contribution in [0.3, 0.4) is 0 Å². The van der Waals surface area contributed by atoms with Crippen LogP contribution in [-0.2, 0) is 16.1 Å². The minimum absolute atomic E-state index is 0.119. The minimum Gasteiger partial charge on any atom is -0.347 e. The van der Waals surface area contributed by atoms with Crippen LogP contribution in [0.2, 0.25) is 5.02 Å². The average molecular weight is 326 g/mol. The third-order valence-electron chi connectivity index (χ3n) is 3.30. The van der Waals surface area contributed by atoms with Crippen molar-refractivity contribution in [3.05, 3.63) is 34.9 Å². The number of hydrogen-bond donors (Lipinski definition) is 1. The molecular weight excluding hydrogens is 302 g/mol. The lowest BCUT2D eigenvalue weighted by Gasteiger charge is -2.22. The molecule has 0 saturated heterocycles. The molecule has 0 aliphatic carbocycles. The van der Waals surface area contributed by atoms with Gasteiger partial charge < -0.3 is 10.2 Å². The van der Waals surface area contributed by atoms with Gasteiger partial charge in [-0.3, -0.25) is 14.5 Å².